The number of benzene rings is 1. The van der Waals surface area contributed by atoms with E-state index in [0.29, 0.717) is 10.9 Å². The van der Waals surface area contributed by atoms with Gasteiger partial charge in [0.05, 0.1) is 10.4 Å². The molecule has 0 aliphatic heterocycles. The third-order valence-electron chi connectivity index (χ3n) is 2.56. The van der Waals surface area contributed by atoms with Gasteiger partial charge in [0.1, 0.15) is 5.75 Å². The molecule has 0 spiro atoms. The molecule has 18 heavy (non-hydrogen) atoms. The first kappa shape index (κ1) is 14.5. The number of carboxylic acid groups (broad SMARTS) is 1. The van der Waals surface area contributed by atoms with Gasteiger partial charge in [-0.15, -0.1) is 0 Å². The summed E-state index contributed by atoms with van der Waals surface area (Å²) in [5, 5.41) is 20.8. The van der Waals surface area contributed by atoms with Crippen molar-refractivity contribution >= 4 is 27.8 Å². The van der Waals surface area contributed by atoms with E-state index in [1.54, 1.807) is 19.1 Å². The van der Waals surface area contributed by atoms with Crippen molar-refractivity contribution in [1.29, 1.82) is 0 Å². The zero-order chi connectivity index (χ0) is 13.7. The maximum absolute atomic E-state index is 11.7. The van der Waals surface area contributed by atoms with Gasteiger partial charge in [-0.25, -0.2) is 0 Å². The number of carbonyl (C=O) groups is 2. The summed E-state index contributed by atoms with van der Waals surface area (Å²) in [5.41, 5.74) is 0.288. The Kier molecular flexibility index (Phi) is 5.15. The van der Waals surface area contributed by atoms with Crippen LogP contribution in [-0.2, 0) is 4.79 Å². The lowest BCUT2D eigenvalue weighted by molar-refractivity contribution is -0.141. The van der Waals surface area contributed by atoms with Crippen LogP contribution in [0.1, 0.15) is 23.7 Å². The Morgan fingerprint density at radius 2 is 2.11 bits per heavy atom. The normalized spacial score (nSPS) is 11.9. The van der Waals surface area contributed by atoms with Gasteiger partial charge >= 0.3 is 5.97 Å². The lowest BCUT2D eigenvalue weighted by Crippen LogP contribution is -2.32. The van der Waals surface area contributed by atoms with Crippen LogP contribution in [-0.4, -0.2) is 28.6 Å². The van der Waals surface area contributed by atoms with Crippen LogP contribution in [0.2, 0.25) is 0 Å². The van der Waals surface area contributed by atoms with E-state index in [2.05, 4.69) is 21.2 Å². The second-order valence-electron chi connectivity index (χ2n) is 3.82. The van der Waals surface area contributed by atoms with Gasteiger partial charge in [-0.2, -0.15) is 0 Å². The van der Waals surface area contributed by atoms with Crippen molar-refractivity contribution in [3.05, 3.63) is 28.2 Å². The Hall–Kier alpha value is -1.56. The number of rotatable bonds is 5. The molecule has 1 unspecified atom stereocenters. The van der Waals surface area contributed by atoms with Gasteiger partial charge in [0.2, 0.25) is 0 Å². The summed E-state index contributed by atoms with van der Waals surface area (Å²) < 4.78 is 0.496. The predicted octanol–water partition coefficient (Wildman–Crippen LogP) is 2.00. The van der Waals surface area contributed by atoms with Gasteiger partial charge < -0.3 is 15.5 Å². The van der Waals surface area contributed by atoms with Crippen molar-refractivity contribution in [3.63, 3.8) is 0 Å². The Balaban J connectivity index is 2.65. The second kappa shape index (κ2) is 6.39. The largest absolute Gasteiger partial charge is 0.507 e. The lowest BCUT2D eigenvalue weighted by atomic mass is 10.1. The molecule has 1 rings (SSSR count). The van der Waals surface area contributed by atoms with Crippen LogP contribution in [0.25, 0.3) is 0 Å². The van der Waals surface area contributed by atoms with Crippen molar-refractivity contribution in [2.24, 2.45) is 5.92 Å². The van der Waals surface area contributed by atoms with E-state index in [9.17, 15) is 14.7 Å². The second-order valence-corrected chi connectivity index (χ2v) is 4.67. The van der Waals surface area contributed by atoms with Gasteiger partial charge in [-0.1, -0.05) is 6.92 Å². The molecule has 0 fully saturated rings. The van der Waals surface area contributed by atoms with Crippen molar-refractivity contribution in [2.45, 2.75) is 13.3 Å². The highest BCUT2D eigenvalue weighted by molar-refractivity contribution is 9.10. The van der Waals surface area contributed by atoms with Crippen molar-refractivity contribution in [2.75, 3.05) is 6.54 Å². The van der Waals surface area contributed by atoms with Crippen molar-refractivity contribution in [1.82, 2.24) is 5.32 Å². The van der Waals surface area contributed by atoms with E-state index < -0.39 is 17.8 Å². The first-order valence-corrected chi connectivity index (χ1v) is 6.24. The molecule has 0 aromatic heterocycles. The molecule has 0 saturated heterocycles. The van der Waals surface area contributed by atoms with E-state index in [4.69, 9.17) is 5.11 Å². The molecule has 0 radical (unpaired) electrons. The minimum absolute atomic E-state index is 0.0343. The van der Waals surface area contributed by atoms with E-state index >= 15 is 0 Å². The SMILES string of the molecule is CCC(CNC(=O)c1ccc(Br)c(O)c1)C(=O)O. The molecule has 0 aliphatic carbocycles. The zero-order valence-electron chi connectivity index (χ0n) is 9.81. The topological polar surface area (TPSA) is 86.6 Å². The summed E-state index contributed by atoms with van der Waals surface area (Å²) in [6.07, 6.45) is 0.446. The van der Waals surface area contributed by atoms with Gasteiger partial charge in [-0.05, 0) is 40.5 Å². The van der Waals surface area contributed by atoms with Gasteiger partial charge in [-0.3, -0.25) is 9.59 Å². The standard InChI is InChI=1S/C12H14BrNO4/c1-2-7(12(17)18)6-14-11(16)8-3-4-9(13)10(15)5-8/h3-5,7,15H,2,6H2,1H3,(H,14,16)(H,17,18). The minimum atomic E-state index is -0.934. The number of hydrogen-bond acceptors (Lipinski definition) is 3. The van der Waals surface area contributed by atoms with Crippen molar-refractivity contribution in [3.8, 4) is 5.75 Å². The first-order chi connectivity index (χ1) is 8.45. The molecule has 0 bridgehead atoms. The van der Waals surface area contributed by atoms with E-state index in [1.807, 2.05) is 0 Å². The molecule has 1 atom stereocenters. The molecule has 1 aromatic carbocycles. The predicted molar refractivity (Wildman–Crippen MR) is 69.6 cm³/mol. The van der Waals surface area contributed by atoms with Crippen LogP contribution < -0.4 is 5.32 Å². The minimum Gasteiger partial charge on any atom is -0.507 e. The summed E-state index contributed by atoms with van der Waals surface area (Å²) in [4.78, 5) is 22.5. The maximum atomic E-state index is 11.7. The number of amides is 1. The molecular formula is C12H14BrNO4. The number of aromatic hydroxyl groups is 1. The molecule has 98 valence electrons. The number of carboxylic acids is 1. The molecule has 3 N–H and O–H groups in total. The molecule has 1 amide bonds. The molecule has 0 heterocycles. The molecule has 6 heteroatoms. The van der Waals surface area contributed by atoms with Crippen LogP contribution in [0.15, 0.2) is 22.7 Å². The molecule has 1 aromatic rings. The monoisotopic (exact) mass is 315 g/mol. The highest BCUT2D eigenvalue weighted by atomic mass is 79.9. The number of carbonyl (C=O) groups excluding carboxylic acids is 1. The summed E-state index contributed by atoms with van der Waals surface area (Å²) in [5.74, 6) is -1.97. The third-order valence-corrected chi connectivity index (χ3v) is 3.23. The summed E-state index contributed by atoms with van der Waals surface area (Å²) in [6.45, 7) is 1.82. The fourth-order valence-electron chi connectivity index (χ4n) is 1.38. The molecular weight excluding hydrogens is 302 g/mol. The fraction of sp³-hybridized carbons (Fsp3) is 0.333. The van der Waals surface area contributed by atoms with Gasteiger partial charge in [0.25, 0.3) is 5.91 Å². The lowest BCUT2D eigenvalue weighted by Gasteiger charge is -2.11. The highest BCUT2D eigenvalue weighted by Crippen LogP contribution is 2.24. The number of phenolic OH excluding ortho intramolecular Hbond substituents is 1. The fourth-order valence-corrected chi connectivity index (χ4v) is 1.62. The third kappa shape index (κ3) is 3.73. The highest BCUT2D eigenvalue weighted by Gasteiger charge is 2.16. The summed E-state index contributed by atoms with van der Waals surface area (Å²) >= 11 is 3.11. The number of phenols is 1. The molecule has 5 nitrogen and oxygen atoms in total. The number of aliphatic carboxylic acids is 1. The number of nitrogens with one attached hydrogen (secondary N) is 1. The summed E-state index contributed by atoms with van der Waals surface area (Å²) in [7, 11) is 0. The van der Waals surface area contributed by atoms with Crippen LogP contribution >= 0.6 is 15.9 Å². The van der Waals surface area contributed by atoms with Crippen LogP contribution in [0, 0.1) is 5.92 Å². The molecule has 0 saturated carbocycles. The van der Waals surface area contributed by atoms with E-state index in [1.165, 1.54) is 6.07 Å². The van der Waals surface area contributed by atoms with Crippen LogP contribution in [0.5, 0.6) is 5.75 Å². The zero-order valence-corrected chi connectivity index (χ0v) is 11.4. The Morgan fingerprint density at radius 3 is 2.61 bits per heavy atom. The van der Waals surface area contributed by atoms with Crippen molar-refractivity contribution < 1.29 is 19.8 Å². The maximum Gasteiger partial charge on any atom is 0.308 e. The Labute approximate surface area is 113 Å². The quantitative estimate of drug-likeness (QED) is 0.775. The van der Waals surface area contributed by atoms with Crippen LogP contribution in [0.3, 0.4) is 0 Å². The Morgan fingerprint density at radius 1 is 1.44 bits per heavy atom. The number of hydrogen-bond donors (Lipinski definition) is 3. The number of halogens is 1. The average Bonchev–Trinajstić information content (AvgIpc) is 2.32. The van der Waals surface area contributed by atoms with E-state index in [0.717, 1.165) is 0 Å². The smallest absolute Gasteiger partial charge is 0.308 e. The van der Waals surface area contributed by atoms with Gasteiger partial charge in [0.15, 0.2) is 0 Å². The summed E-state index contributed by atoms with van der Waals surface area (Å²) in [6, 6.07) is 4.42. The van der Waals surface area contributed by atoms with Crippen LogP contribution in [0.4, 0.5) is 0 Å². The average molecular weight is 316 g/mol. The van der Waals surface area contributed by atoms with Gasteiger partial charge in [0, 0.05) is 12.1 Å². The first-order valence-electron chi connectivity index (χ1n) is 5.45. The van der Waals surface area contributed by atoms with E-state index in [-0.39, 0.29) is 17.9 Å². The molecule has 0 aliphatic rings. The Bertz CT molecular complexity index is 461.